The topological polar surface area (TPSA) is 102 Å². The van der Waals surface area contributed by atoms with Crippen molar-refractivity contribution in [1.82, 2.24) is 0 Å². The van der Waals surface area contributed by atoms with Crippen molar-refractivity contribution in [3.8, 4) is 0 Å². The van der Waals surface area contributed by atoms with E-state index in [9.17, 15) is 18.0 Å². The molecule has 2 aromatic rings. The Balaban J connectivity index is 2.07. The number of hydrogen-bond acceptors (Lipinski definition) is 5. The van der Waals surface area contributed by atoms with E-state index in [4.69, 9.17) is 4.74 Å². The van der Waals surface area contributed by atoms with Gasteiger partial charge in [0.2, 0.25) is 10.0 Å². The van der Waals surface area contributed by atoms with E-state index in [0.717, 1.165) is 17.4 Å². The summed E-state index contributed by atoms with van der Waals surface area (Å²) in [5.41, 5.74) is 2.86. The van der Waals surface area contributed by atoms with Gasteiger partial charge in [-0.1, -0.05) is 24.3 Å². The third kappa shape index (κ3) is 5.82. The quantitative estimate of drug-likeness (QED) is 0.739. The zero-order valence-electron chi connectivity index (χ0n) is 15.6. The summed E-state index contributed by atoms with van der Waals surface area (Å²) in [6, 6.07) is 11.5. The summed E-state index contributed by atoms with van der Waals surface area (Å²) in [5.74, 6) is -1.18. The number of nitrogens with one attached hydrogen (secondary N) is 2. The number of aryl methyl sites for hydroxylation is 2. The number of carbonyl (C=O) groups is 2. The van der Waals surface area contributed by atoms with Crippen LogP contribution in [0.3, 0.4) is 0 Å². The van der Waals surface area contributed by atoms with Crippen LogP contribution in [0.1, 0.15) is 28.4 Å². The number of amides is 1. The van der Waals surface area contributed by atoms with E-state index in [1.807, 2.05) is 32.0 Å². The first-order chi connectivity index (χ1) is 12.6. The standard InChI is InChI=1S/C19H22N2O5S/c1-12-7-5-8-13(2)17(12)20-18(22)14(3)26-19(23)15-9-6-10-16(11-15)21-27(4,24)25/h5-11,14,21H,1-4H3,(H,20,22). The molecule has 144 valence electrons. The molecule has 0 aliphatic heterocycles. The van der Waals surface area contributed by atoms with Crippen LogP contribution in [0.2, 0.25) is 0 Å². The van der Waals surface area contributed by atoms with Crippen LogP contribution in [-0.4, -0.2) is 32.7 Å². The molecular weight excluding hydrogens is 368 g/mol. The van der Waals surface area contributed by atoms with Crippen molar-refractivity contribution in [2.75, 3.05) is 16.3 Å². The largest absolute Gasteiger partial charge is 0.449 e. The fourth-order valence-electron chi connectivity index (χ4n) is 2.44. The summed E-state index contributed by atoms with van der Waals surface area (Å²) >= 11 is 0. The van der Waals surface area contributed by atoms with Crippen molar-refractivity contribution in [3.63, 3.8) is 0 Å². The minimum Gasteiger partial charge on any atom is -0.449 e. The minimum atomic E-state index is -3.47. The second-order valence-corrected chi connectivity index (χ2v) is 8.01. The van der Waals surface area contributed by atoms with Crippen LogP contribution in [-0.2, 0) is 19.6 Å². The van der Waals surface area contributed by atoms with E-state index >= 15 is 0 Å². The molecule has 7 nitrogen and oxygen atoms in total. The fraction of sp³-hybridized carbons (Fsp3) is 0.263. The molecule has 0 aliphatic carbocycles. The van der Waals surface area contributed by atoms with Gasteiger partial charge in [0.1, 0.15) is 0 Å². The molecule has 27 heavy (non-hydrogen) atoms. The van der Waals surface area contributed by atoms with Crippen molar-refractivity contribution < 1.29 is 22.7 Å². The second kappa shape index (κ2) is 8.22. The zero-order chi connectivity index (χ0) is 20.2. The van der Waals surface area contributed by atoms with E-state index in [1.165, 1.54) is 31.2 Å². The van der Waals surface area contributed by atoms with Gasteiger partial charge < -0.3 is 10.1 Å². The monoisotopic (exact) mass is 390 g/mol. The maximum absolute atomic E-state index is 12.4. The highest BCUT2D eigenvalue weighted by Crippen LogP contribution is 2.20. The molecule has 0 radical (unpaired) electrons. The van der Waals surface area contributed by atoms with Gasteiger partial charge in [-0.3, -0.25) is 9.52 Å². The number of anilines is 2. The lowest BCUT2D eigenvalue weighted by Gasteiger charge is -2.16. The summed E-state index contributed by atoms with van der Waals surface area (Å²) in [6.07, 6.45) is -0.0131. The lowest BCUT2D eigenvalue weighted by Crippen LogP contribution is -2.30. The van der Waals surface area contributed by atoms with Crippen LogP contribution >= 0.6 is 0 Å². The van der Waals surface area contributed by atoms with E-state index in [2.05, 4.69) is 10.0 Å². The van der Waals surface area contributed by atoms with E-state index < -0.39 is 28.0 Å². The number of ether oxygens (including phenoxy) is 1. The number of benzene rings is 2. The molecule has 0 fully saturated rings. The summed E-state index contributed by atoms with van der Waals surface area (Å²) in [4.78, 5) is 24.6. The highest BCUT2D eigenvalue weighted by molar-refractivity contribution is 7.92. The fourth-order valence-corrected chi connectivity index (χ4v) is 3.00. The van der Waals surface area contributed by atoms with E-state index in [1.54, 1.807) is 0 Å². The van der Waals surface area contributed by atoms with Crippen molar-refractivity contribution >= 4 is 33.3 Å². The predicted molar refractivity (Wildman–Crippen MR) is 104 cm³/mol. The molecule has 2 rings (SSSR count). The van der Waals surface area contributed by atoms with Crippen molar-refractivity contribution in [2.45, 2.75) is 26.9 Å². The van der Waals surface area contributed by atoms with Gasteiger partial charge >= 0.3 is 5.97 Å². The Morgan fingerprint density at radius 2 is 1.63 bits per heavy atom. The molecule has 8 heteroatoms. The molecule has 0 heterocycles. The average Bonchev–Trinajstić information content (AvgIpc) is 2.56. The first kappa shape index (κ1) is 20.4. The lowest BCUT2D eigenvalue weighted by atomic mass is 10.1. The Labute approximate surface area is 158 Å². The van der Waals surface area contributed by atoms with E-state index in [0.29, 0.717) is 5.69 Å². The van der Waals surface area contributed by atoms with Gasteiger partial charge in [-0.2, -0.15) is 0 Å². The molecule has 2 aromatic carbocycles. The molecule has 1 atom stereocenters. The Morgan fingerprint density at radius 1 is 1.04 bits per heavy atom. The van der Waals surface area contributed by atoms with Crippen molar-refractivity contribution in [1.29, 1.82) is 0 Å². The minimum absolute atomic E-state index is 0.135. The third-order valence-corrected chi connectivity index (χ3v) is 4.39. The maximum atomic E-state index is 12.4. The number of para-hydroxylation sites is 1. The summed E-state index contributed by atoms with van der Waals surface area (Å²) in [6.45, 7) is 5.22. The summed E-state index contributed by atoms with van der Waals surface area (Å²) in [7, 11) is -3.47. The van der Waals surface area contributed by atoms with E-state index in [-0.39, 0.29) is 11.3 Å². The highest BCUT2D eigenvalue weighted by atomic mass is 32.2. The van der Waals surface area contributed by atoms with Crippen LogP contribution < -0.4 is 10.0 Å². The first-order valence-corrected chi connectivity index (χ1v) is 10.1. The molecule has 0 aliphatic rings. The Morgan fingerprint density at radius 3 is 2.22 bits per heavy atom. The number of hydrogen-bond donors (Lipinski definition) is 2. The lowest BCUT2D eigenvalue weighted by molar-refractivity contribution is -0.123. The molecule has 1 amide bonds. The van der Waals surface area contributed by atoms with Gasteiger partial charge in [0, 0.05) is 11.4 Å². The number of sulfonamides is 1. The Bertz CT molecular complexity index is 950. The van der Waals surface area contributed by atoms with Crippen LogP contribution in [0.25, 0.3) is 0 Å². The first-order valence-electron chi connectivity index (χ1n) is 8.23. The average molecular weight is 390 g/mol. The maximum Gasteiger partial charge on any atom is 0.338 e. The van der Waals surface area contributed by atoms with Gasteiger partial charge in [0.15, 0.2) is 6.10 Å². The van der Waals surface area contributed by atoms with Crippen LogP contribution in [0.15, 0.2) is 42.5 Å². The molecule has 2 N–H and O–H groups in total. The molecule has 1 unspecified atom stereocenters. The van der Waals surface area contributed by atoms with Crippen LogP contribution in [0, 0.1) is 13.8 Å². The van der Waals surface area contributed by atoms with Gasteiger partial charge in [-0.15, -0.1) is 0 Å². The predicted octanol–water partition coefficient (Wildman–Crippen LogP) is 2.86. The van der Waals surface area contributed by atoms with Gasteiger partial charge in [0.05, 0.1) is 11.8 Å². The van der Waals surface area contributed by atoms with Crippen molar-refractivity contribution in [3.05, 3.63) is 59.2 Å². The third-order valence-electron chi connectivity index (χ3n) is 3.78. The number of rotatable bonds is 6. The molecule has 0 spiro atoms. The van der Waals surface area contributed by atoms with Gasteiger partial charge in [-0.25, -0.2) is 13.2 Å². The molecule has 0 aromatic heterocycles. The number of esters is 1. The molecule has 0 saturated heterocycles. The normalized spacial score (nSPS) is 12.1. The zero-order valence-corrected chi connectivity index (χ0v) is 16.4. The molecule has 0 saturated carbocycles. The Kier molecular flexibility index (Phi) is 6.22. The van der Waals surface area contributed by atoms with Crippen LogP contribution in [0.5, 0.6) is 0 Å². The SMILES string of the molecule is Cc1cccc(C)c1NC(=O)C(C)OC(=O)c1cccc(NS(C)(=O)=O)c1. The van der Waals surface area contributed by atoms with Gasteiger partial charge in [-0.05, 0) is 50.1 Å². The molecular formula is C19H22N2O5S. The number of carbonyl (C=O) groups excluding carboxylic acids is 2. The van der Waals surface area contributed by atoms with Gasteiger partial charge in [0.25, 0.3) is 5.91 Å². The smallest absolute Gasteiger partial charge is 0.338 e. The Hall–Kier alpha value is -2.87. The second-order valence-electron chi connectivity index (χ2n) is 6.26. The molecule has 0 bridgehead atoms. The summed E-state index contributed by atoms with van der Waals surface area (Å²) in [5, 5.41) is 2.77. The summed E-state index contributed by atoms with van der Waals surface area (Å²) < 4.78 is 30.1. The van der Waals surface area contributed by atoms with Crippen molar-refractivity contribution in [2.24, 2.45) is 0 Å². The highest BCUT2D eigenvalue weighted by Gasteiger charge is 2.20. The van der Waals surface area contributed by atoms with Crippen LogP contribution in [0.4, 0.5) is 11.4 Å².